The number of halogens is 3. The lowest BCUT2D eigenvalue weighted by Crippen LogP contribution is -2.40. The number of aromatic nitrogens is 4. The third-order valence-electron chi connectivity index (χ3n) is 7.53. The molecule has 3 aromatic heterocycles. The van der Waals surface area contributed by atoms with Gasteiger partial charge in [0.15, 0.2) is 11.5 Å². The molecule has 2 N–H and O–H groups in total. The van der Waals surface area contributed by atoms with E-state index in [-0.39, 0.29) is 18.2 Å². The van der Waals surface area contributed by atoms with Gasteiger partial charge in [0, 0.05) is 30.7 Å². The van der Waals surface area contributed by atoms with Gasteiger partial charge in [-0.05, 0) is 62.4 Å². The average molecular weight is 541 g/mol. The van der Waals surface area contributed by atoms with Crippen molar-refractivity contribution in [3.05, 3.63) is 54.2 Å². The Bertz CT molecular complexity index is 1470. The van der Waals surface area contributed by atoms with Crippen LogP contribution in [-0.2, 0) is 0 Å². The Balaban J connectivity index is 1.33. The number of nitrogens with one attached hydrogen (secondary N) is 1. The summed E-state index contributed by atoms with van der Waals surface area (Å²) in [5.41, 5.74) is 1.59. The molecule has 8 nitrogen and oxygen atoms in total. The maximum atomic E-state index is 14.5. The standard InChI is InChI=1S/C28H31F3N6O2/c1-17(16-38)39-23-4-2-3-19-7-9-22(33-25(19)23)27-35-34-24-10-8-20(14-37(24)27)26(28(29,30)31)36-12-11-21(15-36)32-13-18-5-6-18/h2-4,7-10,14,17-18,21,26,32,38H,5-6,11-13,15-16H2,1H3. The number of hydrogen-bond acceptors (Lipinski definition) is 7. The molecule has 1 aromatic carbocycles. The van der Waals surface area contributed by atoms with E-state index in [1.165, 1.54) is 30.0 Å². The van der Waals surface area contributed by atoms with Crippen LogP contribution in [0.1, 0.15) is 37.8 Å². The average Bonchev–Trinajstić information content (AvgIpc) is 3.48. The highest BCUT2D eigenvalue weighted by Crippen LogP contribution is 2.40. The van der Waals surface area contributed by atoms with Crippen molar-refractivity contribution in [3.63, 3.8) is 0 Å². The molecule has 1 saturated carbocycles. The van der Waals surface area contributed by atoms with Gasteiger partial charge >= 0.3 is 6.18 Å². The van der Waals surface area contributed by atoms with Gasteiger partial charge in [-0.1, -0.05) is 24.3 Å². The molecule has 39 heavy (non-hydrogen) atoms. The molecule has 6 rings (SSSR count). The fraction of sp³-hybridized carbons (Fsp3) is 0.464. The van der Waals surface area contributed by atoms with Crippen LogP contribution in [0.4, 0.5) is 13.2 Å². The Hall–Kier alpha value is -3.28. The summed E-state index contributed by atoms with van der Waals surface area (Å²) in [5, 5.41) is 22.1. The van der Waals surface area contributed by atoms with E-state index < -0.39 is 18.3 Å². The first-order chi connectivity index (χ1) is 18.8. The topological polar surface area (TPSA) is 87.8 Å². The molecular weight excluding hydrogens is 509 g/mol. The van der Waals surface area contributed by atoms with Crippen LogP contribution in [0, 0.1) is 5.92 Å². The van der Waals surface area contributed by atoms with Crippen molar-refractivity contribution in [2.75, 3.05) is 26.2 Å². The normalized spacial score (nSPS) is 20.1. The first-order valence-corrected chi connectivity index (χ1v) is 13.4. The van der Waals surface area contributed by atoms with E-state index in [4.69, 9.17) is 9.72 Å². The van der Waals surface area contributed by atoms with E-state index in [0.717, 1.165) is 11.9 Å². The number of benzene rings is 1. The molecule has 0 spiro atoms. The van der Waals surface area contributed by atoms with Crippen LogP contribution in [-0.4, -0.2) is 74.2 Å². The number of aliphatic hydroxyl groups is 1. The molecule has 3 atom stereocenters. The molecule has 206 valence electrons. The van der Waals surface area contributed by atoms with Gasteiger partial charge in [-0.15, -0.1) is 10.2 Å². The van der Waals surface area contributed by atoms with Gasteiger partial charge in [0.2, 0.25) is 0 Å². The number of para-hydroxylation sites is 1. The van der Waals surface area contributed by atoms with Crippen LogP contribution >= 0.6 is 0 Å². The summed E-state index contributed by atoms with van der Waals surface area (Å²) >= 11 is 0. The van der Waals surface area contributed by atoms with E-state index >= 15 is 0 Å². The van der Waals surface area contributed by atoms with Crippen LogP contribution in [0.5, 0.6) is 5.75 Å². The quantitative estimate of drug-likeness (QED) is 0.326. The van der Waals surface area contributed by atoms with Crippen molar-refractivity contribution in [3.8, 4) is 17.3 Å². The van der Waals surface area contributed by atoms with Gasteiger partial charge in [0.1, 0.15) is 29.1 Å². The summed E-state index contributed by atoms with van der Waals surface area (Å²) in [6, 6.07) is 10.5. The fourth-order valence-corrected chi connectivity index (χ4v) is 5.29. The second-order valence-corrected chi connectivity index (χ2v) is 10.6. The third kappa shape index (κ3) is 5.43. The highest BCUT2D eigenvalue weighted by Gasteiger charge is 2.47. The number of alkyl halides is 3. The van der Waals surface area contributed by atoms with Crippen LogP contribution in [0.15, 0.2) is 48.7 Å². The second kappa shape index (κ2) is 10.4. The van der Waals surface area contributed by atoms with E-state index in [0.29, 0.717) is 53.9 Å². The molecule has 4 heterocycles. The second-order valence-electron chi connectivity index (χ2n) is 10.6. The molecule has 4 aromatic rings. The minimum Gasteiger partial charge on any atom is -0.486 e. The van der Waals surface area contributed by atoms with Crippen molar-refractivity contribution in [2.45, 2.75) is 50.6 Å². The predicted octanol–water partition coefficient (Wildman–Crippen LogP) is 4.38. The molecule has 11 heteroatoms. The van der Waals surface area contributed by atoms with Crippen LogP contribution in [0.2, 0.25) is 0 Å². The molecular formula is C28H31F3N6O2. The summed E-state index contributed by atoms with van der Waals surface area (Å²) in [6.07, 6.45) is -0.276. The van der Waals surface area contributed by atoms with Crippen molar-refractivity contribution in [1.82, 2.24) is 29.8 Å². The first-order valence-electron chi connectivity index (χ1n) is 13.4. The SMILES string of the molecule is CC(CO)Oc1cccc2ccc(-c3nnc4ccc(C(N5CCC(NCC6CC6)C5)C(F)(F)F)cn34)nc12. The number of nitrogens with zero attached hydrogens (tertiary/aromatic N) is 5. The summed E-state index contributed by atoms with van der Waals surface area (Å²) < 4.78 is 50.8. The largest absolute Gasteiger partial charge is 0.486 e. The van der Waals surface area contributed by atoms with Crippen LogP contribution in [0.3, 0.4) is 0 Å². The van der Waals surface area contributed by atoms with Gasteiger partial charge < -0.3 is 15.2 Å². The third-order valence-corrected chi connectivity index (χ3v) is 7.53. The fourth-order valence-electron chi connectivity index (χ4n) is 5.29. The van der Waals surface area contributed by atoms with E-state index in [2.05, 4.69) is 15.5 Å². The molecule has 1 saturated heterocycles. The molecule has 2 aliphatic rings. The predicted molar refractivity (Wildman–Crippen MR) is 140 cm³/mol. The van der Waals surface area contributed by atoms with Gasteiger partial charge in [0.25, 0.3) is 0 Å². The Morgan fingerprint density at radius 2 is 1.95 bits per heavy atom. The van der Waals surface area contributed by atoms with Crippen LogP contribution in [0.25, 0.3) is 28.1 Å². The number of pyridine rings is 2. The zero-order valence-electron chi connectivity index (χ0n) is 21.6. The highest BCUT2D eigenvalue weighted by atomic mass is 19.4. The van der Waals surface area contributed by atoms with Gasteiger partial charge in [0.05, 0.1) is 6.61 Å². The van der Waals surface area contributed by atoms with E-state index in [1.807, 2.05) is 18.2 Å². The molecule has 0 amide bonds. The summed E-state index contributed by atoms with van der Waals surface area (Å²) in [7, 11) is 0. The molecule has 2 fully saturated rings. The molecule has 3 unspecified atom stereocenters. The molecule has 0 radical (unpaired) electrons. The van der Waals surface area contributed by atoms with E-state index in [1.54, 1.807) is 29.5 Å². The van der Waals surface area contributed by atoms with E-state index in [9.17, 15) is 18.3 Å². The van der Waals surface area contributed by atoms with Crippen molar-refractivity contribution >= 4 is 16.6 Å². The van der Waals surface area contributed by atoms with Crippen molar-refractivity contribution in [2.24, 2.45) is 5.92 Å². The summed E-state index contributed by atoms with van der Waals surface area (Å²) in [5.74, 6) is 1.52. The highest BCUT2D eigenvalue weighted by molar-refractivity contribution is 5.86. The maximum absolute atomic E-state index is 14.5. The molecule has 1 aliphatic carbocycles. The Labute approximate surface area is 223 Å². The number of rotatable bonds is 9. The van der Waals surface area contributed by atoms with Crippen molar-refractivity contribution in [1.29, 1.82) is 0 Å². The Kier molecular flexibility index (Phi) is 6.90. The zero-order valence-corrected chi connectivity index (χ0v) is 21.6. The molecule has 1 aliphatic heterocycles. The number of likely N-dealkylation sites (tertiary alicyclic amines) is 1. The minimum atomic E-state index is -4.44. The Morgan fingerprint density at radius 3 is 2.72 bits per heavy atom. The summed E-state index contributed by atoms with van der Waals surface area (Å²) in [6.45, 7) is 3.21. The number of ether oxygens (including phenoxy) is 1. The lowest BCUT2D eigenvalue weighted by molar-refractivity contribution is -0.184. The zero-order chi connectivity index (χ0) is 27.1. The number of aliphatic hydroxyl groups excluding tert-OH is 1. The van der Waals surface area contributed by atoms with Gasteiger partial charge in [-0.25, -0.2) is 4.98 Å². The molecule has 0 bridgehead atoms. The maximum Gasteiger partial charge on any atom is 0.408 e. The smallest absolute Gasteiger partial charge is 0.408 e. The Morgan fingerprint density at radius 1 is 1.10 bits per heavy atom. The first kappa shape index (κ1) is 26.0. The lowest BCUT2D eigenvalue weighted by Gasteiger charge is -2.30. The summed E-state index contributed by atoms with van der Waals surface area (Å²) in [4.78, 5) is 6.26. The minimum absolute atomic E-state index is 0.0661. The number of hydrogen-bond donors (Lipinski definition) is 2. The monoisotopic (exact) mass is 540 g/mol. The van der Waals surface area contributed by atoms with Crippen LogP contribution < -0.4 is 10.1 Å². The van der Waals surface area contributed by atoms with Gasteiger partial charge in [-0.3, -0.25) is 9.30 Å². The van der Waals surface area contributed by atoms with Crippen molar-refractivity contribution < 1.29 is 23.0 Å². The van der Waals surface area contributed by atoms with Gasteiger partial charge in [-0.2, -0.15) is 13.2 Å². The lowest BCUT2D eigenvalue weighted by atomic mass is 10.1. The number of fused-ring (bicyclic) bond motifs is 2.